The summed E-state index contributed by atoms with van der Waals surface area (Å²) in [4.78, 5) is 17.6. The molecule has 3 rings (SSSR count). The molecule has 1 aromatic carbocycles. The Morgan fingerprint density at radius 2 is 2.04 bits per heavy atom. The molecule has 9 heteroatoms. The van der Waals surface area contributed by atoms with E-state index in [1.165, 1.54) is 24.3 Å². The van der Waals surface area contributed by atoms with Crippen LogP contribution >= 0.6 is 0 Å². The maximum atomic E-state index is 13.4. The molecule has 1 fully saturated rings. The summed E-state index contributed by atoms with van der Waals surface area (Å²) < 4.78 is 56.3. The second-order valence-electron chi connectivity index (χ2n) is 6.12. The van der Waals surface area contributed by atoms with Gasteiger partial charge in [-0.3, -0.25) is 4.79 Å². The zero-order valence-electron chi connectivity index (χ0n) is 14.2. The quantitative estimate of drug-likeness (QED) is 0.807. The van der Waals surface area contributed by atoms with Gasteiger partial charge in [0, 0.05) is 25.3 Å². The molecule has 1 aliphatic heterocycles. The number of carbonyl (C=O) groups is 1. The van der Waals surface area contributed by atoms with Crippen molar-refractivity contribution in [2.45, 2.75) is 18.6 Å². The lowest BCUT2D eigenvalue weighted by molar-refractivity contribution is -0.137. The number of aromatic nitrogens is 1. The third-order valence-corrected chi connectivity index (χ3v) is 4.15. The number of carbonyl (C=O) groups excluding carboxylic acids is 1. The molecule has 144 valence electrons. The molecular weight excluding hydrogens is 366 g/mol. The number of anilines is 1. The van der Waals surface area contributed by atoms with E-state index in [-0.39, 0.29) is 18.4 Å². The minimum absolute atomic E-state index is 0.00495. The zero-order valence-corrected chi connectivity index (χ0v) is 14.2. The first-order chi connectivity index (χ1) is 12.8. The van der Waals surface area contributed by atoms with Gasteiger partial charge in [-0.15, -0.1) is 0 Å². The summed E-state index contributed by atoms with van der Waals surface area (Å²) in [6, 6.07) is 7.89. The molecule has 0 spiro atoms. The van der Waals surface area contributed by atoms with Crippen molar-refractivity contribution in [2.75, 3.05) is 24.6 Å². The number of para-hydroxylation sites is 1. The van der Waals surface area contributed by atoms with Crippen LogP contribution in [0.4, 0.5) is 23.4 Å². The number of hydrogen-bond acceptors (Lipinski definition) is 4. The Morgan fingerprint density at radius 1 is 1.26 bits per heavy atom. The molecule has 0 radical (unpaired) electrons. The summed E-state index contributed by atoms with van der Waals surface area (Å²) in [6.07, 6.45) is -3.01. The maximum Gasteiger partial charge on any atom is 0.417 e. The molecule has 2 heterocycles. The van der Waals surface area contributed by atoms with Gasteiger partial charge in [-0.2, -0.15) is 13.2 Å². The number of benzene rings is 1. The molecule has 27 heavy (non-hydrogen) atoms. The molecule has 0 saturated carbocycles. The third-order valence-electron chi connectivity index (χ3n) is 4.15. The van der Waals surface area contributed by atoms with Crippen molar-refractivity contribution in [1.82, 2.24) is 10.3 Å². The van der Waals surface area contributed by atoms with Gasteiger partial charge in [0.1, 0.15) is 5.82 Å². The number of amides is 1. The Kier molecular flexibility index (Phi) is 5.48. The SMILES string of the molecule is O=C(COc1ccccc1F)N[C@@H]1CCN(c2ccc(C(F)(F)F)cn2)C1. The predicted molar refractivity (Wildman–Crippen MR) is 89.9 cm³/mol. The second-order valence-corrected chi connectivity index (χ2v) is 6.12. The van der Waals surface area contributed by atoms with E-state index in [1.54, 1.807) is 11.0 Å². The van der Waals surface area contributed by atoms with Crippen LogP contribution in [0, 0.1) is 5.82 Å². The van der Waals surface area contributed by atoms with E-state index in [9.17, 15) is 22.4 Å². The van der Waals surface area contributed by atoms with Crippen molar-refractivity contribution in [3.8, 4) is 5.75 Å². The van der Waals surface area contributed by atoms with Gasteiger partial charge >= 0.3 is 6.18 Å². The van der Waals surface area contributed by atoms with Crippen LogP contribution in [0.25, 0.3) is 0 Å². The molecule has 1 aliphatic rings. The molecule has 2 aromatic rings. The van der Waals surface area contributed by atoms with Crippen LogP contribution < -0.4 is 15.0 Å². The molecular formula is C18H17F4N3O2. The lowest BCUT2D eigenvalue weighted by Crippen LogP contribution is -2.39. The molecule has 0 aliphatic carbocycles. The van der Waals surface area contributed by atoms with Gasteiger partial charge in [0.25, 0.3) is 5.91 Å². The average molecular weight is 383 g/mol. The highest BCUT2D eigenvalue weighted by Crippen LogP contribution is 2.29. The van der Waals surface area contributed by atoms with Crippen LogP contribution in [0.3, 0.4) is 0 Å². The van der Waals surface area contributed by atoms with E-state index in [0.717, 1.165) is 12.3 Å². The van der Waals surface area contributed by atoms with Crippen molar-refractivity contribution >= 4 is 11.7 Å². The standard InChI is InChI=1S/C18H17F4N3O2/c19-14-3-1-2-4-15(14)27-11-17(26)24-13-7-8-25(10-13)16-6-5-12(9-23-16)18(20,21)22/h1-6,9,13H,7-8,10-11H2,(H,24,26)/t13-/m1/s1. The van der Waals surface area contributed by atoms with Gasteiger partial charge in [0.15, 0.2) is 18.2 Å². The second kappa shape index (κ2) is 7.81. The molecule has 5 nitrogen and oxygen atoms in total. The van der Waals surface area contributed by atoms with E-state index in [4.69, 9.17) is 4.74 Å². The number of ether oxygens (including phenoxy) is 1. The number of nitrogens with zero attached hydrogens (tertiary/aromatic N) is 2. The lowest BCUT2D eigenvalue weighted by Gasteiger charge is -2.18. The Labute approximate surface area is 153 Å². The van der Waals surface area contributed by atoms with Crippen molar-refractivity contribution < 1.29 is 27.1 Å². The lowest BCUT2D eigenvalue weighted by atomic mass is 10.2. The number of rotatable bonds is 5. The van der Waals surface area contributed by atoms with E-state index in [0.29, 0.717) is 25.3 Å². The van der Waals surface area contributed by atoms with Crippen LogP contribution in [0.2, 0.25) is 0 Å². The van der Waals surface area contributed by atoms with Crippen molar-refractivity contribution in [3.05, 3.63) is 54.0 Å². The van der Waals surface area contributed by atoms with E-state index < -0.39 is 23.5 Å². The number of nitrogens with one attached hydrogen (secondary N) is 1. The summed E-state index contributed by atoms with van der Waals surface area (Å²) in [6.45, 7) is 0.650. The van der Waals surface area contributed by atoms with Crippen molar-refractivity contribution in [2.24, 2.45) is 0 Å². The van der Waals surface area contributed by atoms with E-state index in [1.807, 2.05) is 0 Å². The van der Waals surface area contributed by atoms with Crippen LogP contribution in [-0.2, 0) is 11.0 Å². The topological polar surface area (TPSA) is 54.5 Å². The Hall–Kier alpha value is -2.84. The molecule has 1 N–H and O–H groups in total. The smallest absolute Gasteiger partial charge is 0.417 e. The van der Waals surface area contributed by atoms with Crippen LogP contribution in [-0.4, -0.2) is 36.6 Å². The molecule has 1 amide bonds. The van der Waals surface area contributed by atoms with Crippen LogP contribution in [0.15, 0.2) is 42.6 Å². The molecule has 1 aromatic heterocycles. The van der Waals surface area contributed by atoms with Gasteiger partial charge in [-0.1, -0.05) is 12.1 Å². The first-order valence-corrected chi connectivity index (χ1v) is 8.28. The Bertz CT molecular complexity index is 796. The van der Waals surface area contributed by atoms with Gasteiger partial charge in [0.05, 0.1) is 5.56 Å². The van der Waals surface area contributed by atoms with Gasteiger partial charge in [0.2, 0.25) is 0 Å². The number of hydrogen-bond donors (Lipinski definition) is 1. The average Bonchev–Trinajstić information content (AvgIpc) is 3.09. The summed E-state index contributed by atoms with van der Waals surface area (Å²) >= 11 is 0. The normalized spacial score (nSPS) is 17.0. The van der Waals surface area contributed by atoms with Gasteiger partial charge in [-0.05, 0) is 30.7 Å². The highest BCUT2D eigenvalue weighted by Gasteiger charge is 2.31. The molecule has 1 saturated heterocycles. The number of pyridine rings is 1. The first-order valence-electron chi connectivity index (χ1n) is 8.28. The Morgan fingerprint density at radius 3 is 2.70 bits per heavy atom. The number of halogens is 4. The van der Waals surface area contributed by atoms with Gasteiger partial charge < -0.3 is 15.0 Å². The van der Waals surface area contributed by atoms with Crippen LogP contribution in [0.1, 0.15) is 12.0 Å². The maximum absolute atomic E-state index is 13.4. The molecule has 0 bridgehead atoms. The fourth-order valence-electron chi connectivity index (χ4n) is 2.80. The summed E-state index contributed by atoms with van der Waals surface area (Å²) in [7, 11) is 0. The largest absolute Gasteiger partial charge is 0.481 e. The monoisotopic (exact) mass is 383 g/mol. The Balaban J connectivity index is 1.49. The summed E-state index contributed by atoms with van der Waals surface area (Å²) in [5.41, 5.74) is -0.805. The fraction of sp³-hybridized carbons (Fsp3) is 0.333. The van der Waals surface area contributed by atoms with E-state index >= 15 is 0 Å². The minimum Gasteiger partial charge on any atom is -0.481 e. The molecule has 1 atom stereocenters. The highest BCUT2D eigenvalue weighted by molar-refractivity contribution is 5.78. The highest BCUT2D eigenvalue weighted by atomic mass is 19.4. The van der Waals surface area contributed by atoms with Gasteiger partial charge in [-0.25, -0.2) is 9.37 Å². The summed E-state index contributed by atoms with van der Waals surface area (Å²) in [5, 5.41) is 2.77. The fourth-order valence-corrected chi connectivity index (χ4v) is 2.80. The van der Waals surface area contributed by atoms with Crippen molar-refractivity contribution in [1.29, 1.82) is 0 Å². The number of alkyl halides is 3. The third kappa shape index (κ3) is 4.87. The van der Waals surface area contributed by atoms with Crippen LogP contribution in [0.5, 0.6) is 5.75 Å². The first kappa shape index (κ1) is 18.9. The zero-order chi connectivity index (χ0) is 19.4. The predicted octanol–water partition coefficient (Wildman–Crippen LogP) is 3.01. The van der Waals surface area contributed by atoms with Crippen molar-refractivity contribution in [3.63, 3.8) is 0 Å². The summed E-state index contributed by atoms with van der Waals surface area (Å²) in [5.74, 6) is -0.534. The molecule has 0 unspecified atom stereocenters. The minimum atomic E-state index is -4.43. The van der Waals surface area contributed by atoms with E-state index in [2.05, 4.69) is 10.3 Å².